The van der Waals surface area contributed by atoms with Crippen LogP contribution >= 0.6 is 0 Å². The highest BCUT2D eigenvalue weighted by Gasteiger charge is 2.22. The van der Waals surface area contributed by atoms with Gasteiger partial charge in [-0.3, -0.25) is 15.0 Å². The van der Waals surface area contributed by atoms with E-state index < -0.39 is 0 Å². The first-order valence-electron chi connectivity index (χ1n) is 11.9. The lowest BCUT2D eigenvalue weighted by Crippen LogP contribution is -2.53. The highest BCUT2D eigenvalue weighted by Crippen LogP contribution is 2.17. The SMILES string of the molecule is CCOc1ccc(C(=O)NC(=Nc2cccc(C)c2)N2CCN(Cc3ccccc3F)CC2)cc1. The molecule has 0 atom stereocenters. The first-order valence-corrected chi connectivity index (χ1v) is 11.9. The first kappa shape index (κ1) is 24.4. The van der Waals surface area contributed by atoms with Gasteiger partial charge < -0.3 is 9.64 Å². The molecular weight excluding hydrogens is 443 g/mol. The molecule has 3 aromatic carbocycles. The summed E-state index contributed by atoms with van der Waals surface area (Å²) in [4.78, 5) is 22.1. The minimum absolute atomic E-state index is 0.181. The van der Waals surface area contributed by atoms with E-state index in [1.807, 2.05) is 50.2 Å². The normalized spacial score (nSPS) is 14.6. The zero-order valence-corrected chi connectivity index (χ0v) is 20.2. The van der Waals surface area contributed by atoms with Crippen molar-refractivity contribution in [1.82, 2.24) is 15.1 Å². The summed E-state index contributed by atoms with van der Waals surface area (Å²) >= 11 is 0. The summed E-state index contributed by atoms with van der Waals surface area (Å²) in [5.74, 6) is 0.830. The van der Waals surface area contributed by atoms with Crippen LogP contribution in [-0.4, -0.2) is 54.5 Å². The Labute approximate surface area is 206 Å². The molecule has 35 heavy (non-hydrogen) atoms. The molecule has 7 heteroatoms. The summed E-state index contributed by atoms with van der Waals surface area (Å²) in [6.07, 6.45) is 0. The number of benzene rings is 3. The molecule has 0 saturated carbocycles. The molecule has 0 spiro atoms. The maximum Gasteiger partial charge on any atom is 0.257 e. The molecule has 182 valence electrons. The van der Waals surface area contributed by atoms with Crippen LogP contribution in [0.4, 0.5) is 10.1 Å². The minimum Gasteiger partial charge on any atom is -0.494 e. The summed E-state index contributed by atoms with van der Waals surface area (Å²) in [5, 5.41) is 3.01. The molecule has 6 nitrogen and oxygen atoms in total. The van der Waals surface area contributed by atoms with Crippen LogP contribution in [0.5, 0.6) is 5.75 Å². The molecule has 1 fully saturated rings. The molecule has 1 aliphatic heterocycles. The van der Waals surface area contributed by atoms with Gasteiger partial charge in [-0.15, -0.1) is 0 Å². The van der Waals surface area contributed by atoms with Crippen LogP contribution in [-0.2, 0) is 6.54 Å². The van der Waals surface area contributed by atoms with Gasteiger partial charge in [0.05, 0.1) is 12.3 Å². The van der Waals surface area contributed by atoms with Crippen LogP contribution in [0.1, 0.15) is 28.4 Å². The molecule has 0 radical (unpaired) electrons. The lowest BCUT2D eigenvalue weighted by molar-refractivity contribution is 0.0967. The van der Waals surface area contributed by atoms with Gasteiger partial charge in [-0.1, -0.05) is 30.3 Å². The van der Waals surface area contributed by atoms with Crippen molar-refractivity contribution in [3.05, 3.63) is 95.3 Å². The molecule has 4 rings (SSSR count). The van der Waals surface area contributed by atoms with E-state index in [1.165, 1.54) is 6.07 Å². The van der Waals surface area contributed by atoms with Crippen LogP contribution in [0.2, 0.25) is 0 Å². The van der Waals surface area contributed by atoms with Crippen molar-refractivity contribution in [2.75, 3.05) is 32.8 Å². The highest BCUT2D eigenvalue weighted by atomic mass is 19.1. The number of carbonyl (C=O) groups is 1. The molecule has 1 heterocycles. The number of hydrogen-bond donors (Lipinski definition) is 1. The van der Waals surface area contributed by atoms with E-state index in [4.69, 9.17) is 9.73 Å². The van der Waals surface area contributed by atoms with Gasteiger partial charge in [0.2, 0.25) is 5.96 Å². The summed E-state index contributed by atoms with van der Waals surface area (Å²) in [6.45, 7) is 7.88. The van der Waals surface area contributed by atoms with Gasteiger partial charge in [0.1, 0.15) is 11.6 Å². The molecule has 0 aromatic heterocycles. The molecule has 0 aliphatic carbocycles. The van der Waals surface area contributed by atoms with E-state index in [-0.39, 0.29) is 11.7 Å². The topological polar surface area (TPSA) is 57.2 Å². The van der Waals surface area contributed by atoms with Crippen molar-refractivity contribution in [2.45, 2.75) is 20.4 Å². The summed E-state index contributed by atoms with van der Waals surface area (Å²) in [6, 6.07) is 21.8. The Morgan fingerprint density at radius 1 is 1.00 bits per heavy atom. The molecule has 1 aliphatic rings. The third-order valence-electron chi connectivity index (χ3n) is 5.91. The summed E-state index contributed by atoms with van der Waals surface area (Å²) < 4.78 is 19.6. The van der Waals surface area contributed by atoms with Gasteiger partial charge in [0.15, 0.2) is 0 Å². The second kappa shape index (κ2) is 11.6. The first-order chi connectivity index (χ1) is 17.0. The number of nitrogens with zero attached hydrogens (tertiary/aromatic N) is 3. The number of amides is 1. The zero-order valence-electron chi connectivity index (χ0n) is 20.2. The number of carbonyl (C=O) groups excluding carboxylic acids is 1. The van der Waals surface area contributed by atoms with Crippen LogP contribution < -0.4 is 10.1 Å². The predicted octanol–water partition coefficient (Wildman–Crippen LogP) is 4.77. The number of aryl methyl sites for hydroxylation is 1. The Kier molecular flexibility index (Phi) is 8.11. The Morgan fingerprint density at radius 2 is 1.74 bits per heavy atom. The summed E-state index contributed by atoms with van der Waals surface area (Å²) in [7, 11) is 0. The fourth-order valence-electron chi connectivity index (χ4n) is 4.03. The number of hydrogen-bond acceptors (Lipinski definition) is 4. The Morgan fingerprint density at radius 3 is 2.43 bits per heavy atom. The molecule has 0 unspecified atom stereocenters. The van der Waals surface area contributed by atoms with E-state index in [1.54, 1.807) is 30.3 Å². The van der Waals surface area contributed by atoms with Crippen LogP contribution in [0, 0.1) is 12.7 Å². The smallest absolute Gasteiger partial charge is 0.257 e. The molecule has 1 N–H and O–H groups in total. The fourth-order valence-corrected chi connectivity index (χ4v) is 4.03. The maximum absolute atomic E-state index is 14.1. The van der Waals surface area contributed by atoms with Crippen LogP contribution in [0.3, 0.4) is 0 Å². The Hall–Kier alpha value is -3.71. The van der Waals surface area contributed by atoms with Gasteiger partial charge in [-0.05, 0) is 61.9 Å². The number of rotatable bonds is 6. The molecule has 1 amide bonds. The van der Waals surface area contributed by atoms with Crippen molar-refractivity contribution in [3.63, 3.8) is 0 Å². The van der Waals surface area contributed by atoms with Crippen molar-refractivity contribution < 1.29 is 13.9 Å². The van der Waals surface area contributed by atoms with Gasteiger partial charge in [0.25, 0.3) is 5.91 Å². The highest BCUT2D eigenvalue weighted by molar-refractivity contribution is 6.06. The van der Waals surface area contributed by atoms with Gasteiger partial charge in [-0.25, -0.2) is 9.38 Å². The van der Waals surface area contributed by atoms with Crippen LogP contribution in [0.25, 0.3) is 0 Å². The van der Waals surface area contributed by atoms with E-state index in [0.717, 1.165) is 30.1 Å². The minimum atomic E-state index is -0.228. The standard InChI is InChI=1S/C28H31FN4O2/c1-3-35-25-13-11-22(12-14-25)27(34)31-28(30-24-9-6-7-21(2)19-24)33-17-15-32(16-18-33)20-23-8-4-5-10-26(23)29/h4-14,19H,3,15-18,20H2,1-2H3,(H,30,31,34). The van der Waals surface area contributed by atoms with Crippen molar-refractivity contribution in [3.8, 4) is 5.75 Å². The van der Waals surface area contributed by atoms with E-state index >= 15 is 0 Å². The third-order valence-corrected chi connectivity index (χ3v) is 5.91. The zero-order chi connectivity index (χ0) is 24.6. The number of halogens is 1. The lowest BCUT2D eigenvalue weighted by Gasteiger charge is -2.36. The second-order valence-corrected chi connectivity index (χ2v) is 8.54. The number of aliphatic imine (C=N–C) groups is 1. The largest absolute Gasteiger partial charge is 0.494 e. The lowest BCUT2D eigenvalue weighted by atomic mass is 10.2. The quantitative estimate of drug-likeness (QED) is 0.413. The van der Waals surface area contributed by atoms with Gasteiger partial charge in [-0.2, -0.15) is 0 Å². The van der Waals surface area contributed by atoms with Crippen molar-refractivity contribution in [2.24, 2.45) is 4.99 Å². The Bertz CT molecular complexity index is 1170. The van der Waals surface area contributed by atoms with E-state index in [9.17, 15) is 9.18 Å². The maximum atomic E-state index is 14.1. The monoisotopic (exact) mass is 474 g/mol. The fraction of sp³-hybridized carbons (Fsp3) is 0.286. The van der Waals surface area contributed by atoms with E-state index in [2.05, 4.69) is 15.1 Å². The molecule has 3 aromatic rings. The number of nitrogens with one attached hydrogen (secondary N) is 1. The van der Waals surface area contributed by atoms with Gasteiger partial charge >= 0.3 is 0 Å². The average Bonchev–Trinajstić information content (AvgIpc) is 2.86. The predicted molar refractivity (Wildman–Crippen MR) is 137 cm³/mol. The van der Waals surface area contributed by atoms with Crippen molar-refractivity contribution in [1.29, 1.82) is 0 Å². The average molecular weight is 475 g/mol. The number of ether oxygens (including phenoxy) is 1. The third kappa shape index (κ3) is 6.67. The molecule has 0 bridgehead atoms. The Balaban J connectivity index is 1.48. The summed E-state index contributed by atoms with van der Waals surface area (Å²) in [5.41, 5.74) is 3.10. The van der Waals surface area contributed by atoms with E-state index in [0.29, 0.717) is 43.3 Å². The van der Waals surface area contributed by atoms with Crippen molar-refractivity contribution >= 4 is 17.6 Å². The van der Waals surface area contributed by atoms with Gasteiger partial charge in [0, 0.05) is 43.9 Å². The molecular formula is C28H31FN4O2. The number of piperazine rings is 1. The second-order valence-electron chi connectivity index (χ2n) is 8.54. The van der Waals surface area contributed by atoms with Crippen LogP contribution in [0.15, 0.2) is 77.8 Å². The molecule has 1 saturated heterocycles. The number of guanidine groups is 1.